The van der Waals surface area contributed by atoms with Gasteiger partial charge in [-0.1, -0.05) is 6.92 Å². The minimum atomic E-state index is -3.81. The number of hydrogen-bond acceptors (Lipinski definition) is 5. The van der Waals surface area contributed by atoms with E-state index in [0.717, 1.165) is 16.8 Å². The second-order valence-electron chi connectivity index (χ2n) is 8.18. The highest BCUT2D eigenvalue weighted by molar-refractivity contribution is 6.20. The lowest BCUT2D eigenvalue weighted by Crippen LogP contribution is -2.27. The van der Waals surface area contributed by atoms with E-state index in [9.17, 15) is 13.6 Å². The molecular weight excluding hydrogens is 468 g/mol. The van der Waals surface area contributed by atoms with Crippen LogP contribution in [0.15, 0.2) is 48.7 Å². The Labute approximate surface area is 197 Å². The molecule has 3 heterocycles. The largest absolute Gasteiger partial charge is 0.487 e. The summed E-state index contributed by atoms with van der Waals surface area (Å²) in [5.41, 5.74) is -0.104. The number of carbonyl (C=O) groups is 1. The third-order valence-corrected chi connectivity index (χ3v) is 5.94. The van der Waals surface area contributed by atoms with E-state index in [-0.39, 0.29) is 17.7 Å². The topological polar surface area (TPSA) is 94.1 Å². The summed E-state index contributed by atoms with van der Waals surface area (Å²) in [5.74, 6) is -0.242. The van der Waals surface area contributed by atoms with E-state index in [0.29, 0.717) is 29.4 Å². The Morgan fingerprint density at radius 2 is 2.03 bits per heavy atom. The maximum atomic E-state index is 13.1. The van der Waals surface area contributed by atoms with Gasteiger partial charge in [-0.25, -0.2) is 0 Å². The molecular formula is C23H20ClF2N5O3. The maximum Gasteiger partial charge on any atom is 0.487 e. The summed E-state index contributed by atoms with van der Waals surface area (Å²) in [6.07, 6.45) is 1.64. The quantitative estimate of drug-likeness (QED) is 0.366. The lowest BCUT2D eigenvalue weighted by atomic mass is 10.0. The number of H-pyrrole nitrogens is 1. The van der Waals surface area contributed by atoms with E-state index in [1.165, 1.54) is 24.3 Å². The van der Waals surface area contributed by atoms with E-state index >= 15 is 0 Å². The van der Waals surface area contributed by atoms with Crippen LogP contribution in [0.2, 0.25) is 0 Å². The Morgan fingerprint density at radius 1 is 1.26 bits per heavy atom. The van der Waals surface area contributed by atoms with Crippen molar-refractivity contribution in [3.63, 3.8) is 0 Å². The monoisotopic (exact) mass is 487 g/mol. The number of halogens is 3. The van der Waals surface area contributed by atoms with Crippen molar-refractivity contribution < 1.29 is 23.0 Å². The summed E-state index contributed by atoms with van der Waals surface area (Å²) in [4.78, 5) is 17.7. The standard InChI is InChI=1S/C23H20ClF2N5O3/c1-12-11-33-22-29-19-10-14(9-17(18-7-8-27-30-18)20(19)31(22)13(12)2)21(32)28-15-3-5-16(6-4-15)34-23(24,25)26/h3-10,12-13H,11H2,1-2H3,(H,27,30)(H,28,32)/t12-,13-/m1/s1. The lowest BCUT2D eigenvalue weighted by molar-refractivity contribution is -0.0964. The molecule has 1 amide bonds. The third kappa shape index (κ3) is 4.16. The van der Waals surface area contributed by atoms with Crippen molar-refractivity contribution in [1.82, 2.24) is 19.7 Å². The molecule has 0 bridgehead atoms. The number of aromatic nitrogens is 4. The number of alkyl halides is 3. The van der Waals surface area contributed by atoms with E-state index in [1.807, 2.05) is 10.6 Å². The number of carbonyl (C=O) groups excluding carboxylic acids is 1. The van der Waals surface area contributed by atoms with Crippen LogP contribution in [-0.4, -0.2) is 37.8 Å². The number of fused-ring (bicyclic) bond motifs is 3. The van der Waals surface area contributed by atoms with Crippen LogP contribution in [-0.2, 0) is 0 Å². The first-order chi connectivity index (χ1) is 16.2. The Balaban J connectivity index is 1.51. The third-order valence-electron chi connectivity index (χ3n) is 5.86. The van der Waals surface area contributed by atoms with Crippen molar-refractivity contribution in [2.45, 2.75) is 25.5 Å². The van der Waals surface area contributed by atoms with Crippen LogP contribution in [0.25, 0.3) is 22.3 Å². The fourth-order valence-electron chi connectivity index (χ4n) is 3.97. The second-order valence-corrected chi connectivity index (χ2v) is 8.62. The fraction of sp³-hybridized carbons (Fsp3) is 0.261. The number of aromatic amines is 1. The molecule has 2 aromatic carbocycles. The molecule has 2 atom stereocenters. The molecule has 5 rings (SSSR count). The van der Waals surface area contributed by atoms with Gasteiger partial charge in [0.15, 0.2) is 0 Å². The summed E-state index contributed by atoms with van der Waals surface area (Å²) in [6.45, 7) is 4.79. The summed E-state index contributed by atoms with van der Waals surface area (Å²) >= 11 is 4.78. The van der Waals surface area contributed by atoms with Crippen molar-refractivity contribution in [3.8, 4) is 23.0 Å². The summed E-state index contributed by atoms with van der Waals surface area (Å²) in [7, 11) is 0. The first-order valence-corrected chi connectivity index (χ1v) is 10.9. The van der Waals surface area contributed by atoms with Gasteiger partial charge in [-0.15, -0.1) is 8.78 Å². The van der Waals surface area contributed by atoms with Crippen LogP contribution in [0, 0.1) is 5.92 Å². The SMILES string of the molecule is C[C@@H]1COc2nc3cc(C(=O)Nc4ccc(OC(F)(F)Cl)cc4)cc(-c4ccn[nH]4)c3n2[C@@H]1C. The molecule has 11 heteroatoms. The first-order valence-electron chi connectivity index (χ1n) is 10.6. The minimum absolute atomic E-state index is 0.132. The number of ether oxygens (including phenoxy) is 2. The molecule has 8 nitrogen and oxygen atoms in total. The zero-order valence-electron chi connectivity index (χ0n) is 18.2. The molecule has 2 N–H and O–H groups in total. The smallest absolute Gasteiger partial charge is 0.464 e. The van der Waals surface area contributed by atoms with Gasteiger partial charge in [0, 0.05) is 46.6 Å². The van der Waals surface area contributed by atoms with Crippen molar-refractivity contribution in [2.24, 2.45) is 5.92 Å². The molecule has 0 radical (unpaired) electrons. The van der Waals surface area contributed by atoms with Gasteiger partial charge in [-0.2, -0.15) is 10.1 Å². The van der Waals surface area contributed by atoms with Crippen LogP contribution in [0.4, 0.5) is 14.5 Å². The van der Waals surface area contributed by atoms with E-state index < -0.39 is 11.5 Å². The first kappa shape index (κ1) is 22.1. The highest BCUT2D eigenvalue weighted by Gasteiger charge is 2.30. The predicted octanol–water partition coefficient (Wildman–Crippen LogP) is 5.44. The van der Waals surface area contributed by atoms with E-state index in [4.69, 9.17) is 16.3 Å². The van der Waals surface area contributed by atoms with Crippen molar-refractivity contribution in [2.75, 3.05) is 11.9 Å². The summed E-state index contributed by atoms with van der Waals surface area (Å²) < 4.78 is 37.8. The zero-order valence-corrected chi connectivity index (χ0v) is 18.9. The lowest BCUT2D eigenvalue weighted by Gasteiger charge is -2.29. The van der Waals surface area contributed by atoms with Crippen molar-refractivity contribution >= 4 is 34.2 Å². The average Bonchev–Trinajstić information content (AvgIpc) is 3.44. The Bertz CT molecular complexity index is 1350. The van der Waals surface area contributed by atoms with Crippen LogP contribution in [0.1, 0.15) is 30.2 Å². The zero-order chi connectivity index (χ0) is 24.0. The molecule has 0 fully saturated rings. The van der Waals surface area contributed by atoms with Crippen LogP contribution in [0.5, 0.6) is 11.8 Å². The van der Waals surface area contributed by atoms with Gasteiger partial charge in [0.2, 0.25) is 0 Å². The van der Waals surface area contributed by atoms with Crippen LogP contribution < -0.4 is 14.8 Å². The van der Waals surface area contributed by atoms with Gasteiger partial charge in [0.25, 0.3) is 11.9 Å². The number of rotatable bonds is 5. The molecule has 176 valence electrons. The number of hydrogen-bond donors (Lipinski definition) is 2. The molecule has 0 saturated heterocycles. The molecule has 0 spiro atoms. The van der Waals surface area contributed by atoms with Gasteiger partial charge in [-0.05, 0) is 49.4 Å². The van der Waals surface area contributed by atoms with E-state index in [1.54, 1.807) is 18.3 Å². The predicted molar refractivity (Wildman–Crippen MR) is 123 cm³/mol. The molecule has 0 aliphatic carbocycles. The fourth-order valence-corrected chi connectivity index (χ4v) is 4.06. The van der Waals surface area contributed by atoms with E-state index in [2.05, 4.69) is 39.1 Å². The van der Waals surface area contributed by atoms with Crippen molar-refractivity contribution in [3.05, 3.63) is 54.2 Å². The van der Waals surface area contributed by atoms with Crippen molar-refractivity contribution in [1.29, 1.82) is 0 Å². The molecule has 4 aromatic rings. The number of imidazole rings is 1. The number of benzene rings is 2. The Hall–Kier alpha value is -3.66. The normalized spacial score (nSPS) is 17.8. The Morgan fingerprint density at radius 3 is 2.71 bits per heavy atom. The van der Waals surface area contributed by atoms with Gasteiger partial charge in [-0.3, -0.25) is 14.5 Å². The number of anilines is 1. The highest BCUT2D eigenvalue weighted by atomic mass is 35.5. The number of amides is 1. The van der Waals surface area contributed by atoms with Crippen LogP contribution in [0.3, 0.4) is 0 Å². The minimum Gasteiger partial charge on any atom is -0.464 e. The molecule has 0 unspecified atom stereocenters. The summed E-state index contributed by atoms with van der Waals surface area (Å²) in [6, 6.07) is 11.4. The average molecular weight is 488 g/mol. The molecule has 1 aliphatic heterocycles. The van der Waals surface area contributed by atoms with Gasteiger partial charge in [0.05, 0.1) is 23.3 Å². The Kier molecular flexibility index (Phi) is 5.40. The van der Waals surface area contributed by atoms with Crippen LogP contribution >= 0.6 is 11.6 Å². The number of nitrogens with one attached hydrogen (secondary N) is 2. The molecule has 2 aromatic heterocycles. The summed E-state index contributed by atoms with van der Waals surface area (Å²) in [5, 5.41) is 9.77. The molecule has 34 heavy (non-hydrogen) atoms. The highest BCUT2D eigenvalue weighted by Crippen LogP contribution is 2.39. The van der Waals surface area contributed by atoms with Gasteiger partial charge < -0.3 is 14.8 Å². The molecule has 0 saturated carbocycles. The second kappa shape index (κ2) is 8.28. The van der Waals surface area contributed by atoms with Gasteiger partial charge in [0.1, 0.15) is 5.75 Å². The number of nitrogens with zero attached hydrogens (tertiary/aromatic N) is 3. The van der Waals surface area contributed by atoms with Gasteiger partial charge >= 0.3 is 5.57 Å². The maximum absolute atomic E-state index is 13.1. The molecule has 1 aliphatic rings.